The first-order chi connectivity index (χ1) is 12.4. The van der Waals surface area contributed by atoms with Crippen molar-refractivity contribution in [1.29, 1.82) is 0 Å². The van der Waals surface area contributed by atoms with Gasteiger partial charge in [0.05, 0.1) is 11.8 Å². The summed E-state index contributed by atoms with van der Waals surface area (Å²) in [6.45, 7) is 3.88. The maximum atomic E-state index is 12.8. The SMILES string of the molecule is CC(C)NC(=O)Cc1ccc(NC(=O)C2(c3cccc(Br)c3)CC2)cc1. The Balaban J connectivity index is 1.64. The molecular formula is C21H23BrN2O2. The van der Waals surface area contributed by atoms with Crippen LogP contribution in [0.25, 0.3) is 0 Å². The molecule has 0 atom stereocenters. The van der Waals surface area contributed by atoms with Gasteiger partial charge in [-0.1, -0.05) is 40.2 Å². The van der Waals surface area contributed by atoms with Crippen molar-refractivity contribution in [2.75, 3.05) is 5.32 Å². The molecular weight excluding hydrogens is 392 g/mol. The van der Waals surface area contributed by atoms with Crippen molar-refractivity contribution in [2.45, 2.75) is 44.6 Å². The molecule has 2 amide bonds. The number of hydrogen-bond donors (Lipinski definition) is 2. The molecule has 2 aromatic carbocycles. The molecule has 0 aromatic heterocycles. The summed E-state index contributed by atoms with van der Waals surface area (Å²) in [5.41, 5.74) is 2.31. The van der Waals surface area contributed by atoms with Crippen molar-refractivity contribution < 1.29 is 9.59 Å². The van der Waals surface area contributed by atoms with E-state index < -0.39 is 5.41 Å². The first-order valence-electron chi connectivity index (χ1n) is 8.85. The number of anilines is 1. The van der Waals surface area contributed by atoms with Gasteiger partial charge in [-0.05, 0) is 62.1 Å². The number of nitrogens with one attached hydrogen (secondary N) is 2. The molecule has 2 N–H and O–H groups in total. The number of hydrogen-bond acceptors (Lipinski definition) is 2. The Morgan fingerprint density at radius 1 is 1.12 bits per heavy atom. The van der Waals surface area contributed by atoms with Gasteiger partial charge in [-0.2, -0.15) is 0 Å². The van der Waals surface area contributed by atoms with Crippen LogP contribution in [0.2, 0.25) is 0 Å². The molecule has 0 radical (unpaired) electrons. The van der Waals surface area contributed by atoms with E-state index in [4.69, 9.17) is 0 Å². The first-order valence-corrected chi connectivity index (χ1v) is 9.64. The molecule has 0 heterocycles. The quantitative estimate of drug-likeness (QED) is 0.744. The number of halogens is 1. The number of rotatable bonds is 6. The predicted octanol–water partition coefficient (Wildman–Crippen LogP) is 4.19. The van der Waals surface area contributed by atoms with Crippen LogP contribution in [0.15, 0.2) is 53.0 Å². The average Bonchev–Trinajstić information content (AvgIpc) is 3.38. The van der Waals surface area contributed by atoms with Gasteiger partial charge in [0.15, 0.2) is 0 Å². The monoisotopic (exact) mass is 414 g/mol. The Labute approximate surface area is 162 Å². The van der Waals surface area contributed by atoms with Gasteiger partial charge in [0.25, 0.3) is 0 Å². The minimum Gasteiger partial charge on any atom is -0.354 e. The van der Waals surface area contributed by atoms with Crippen LogP contribution >= 0.6 is 15.9 Å². The molecule has 1 saturated carbocycles. The molecule has 3 rings (SSSR count). The lowest BCUT2D eigenvalue weighted by atomic mass is 9.95. The van der Waals surface area contributed by atoms with Crippen molar-refractivity contribution in [2.24, 2.45) is 0 Å². The Morgan fingerprint density at radius 2 is 1.81 bits per heavy atom. The summed E-state index contributed by atoms with van der Waals surface area (Å²) in [5.74, 6) is 0.0317. The van der Waals surface area contributed by atoms with E-state index in [2.05, 4.69) is 26.6 Å². The van der Waals surface area contributed by atoms with Gasteiger partial charge in [-0.15, -0.1) is 0 Å². The van der Waals surface area contributed by atoms with E-state index >= 15 is 0 Å². The highest BCUT2D eigenvalue weighted by Crippen LogP contribution is 2.49. The zero-order valence-corrected chi connectivity index (χ0v) is 16.6. The van der Waals surface area contributed by atoms with E-state index in [1.165, 1.54) is 0 Å². The smallest absolute Gasteiger partial charge is 0.235 e. The molecule has 0 bridgehead atoms. The van der Waals surface area contributed by atoms with Crippen LogP contribution in [-0.4, -0.2) is 17.9 Å². The summed E-state index contributed by atoms with van der Waals surface area (Å²) in [6.07, 6.45) is 2.07. The van der Waals surface area contributed by atoms with Gasteiger partial charge in [0.1, 0.15) is 0 Å². The second-order valence-corrected chi connectivity index (χ2v) is 8.06. The van der Waals surface area contributed by atoms with Crippen molar-refractivity contribution in [3.8, 4) is 0 Å². The van der Waals surface area contributed by atoms with Crippen LogP contribution in [0.1, 0.15) is 37.8 Å². The van der Waals surface area contributed by atoms with Gasteiger partial charge >= 0.3 is 0 Å². The molecule has 0 unspecified atom stereocenters. The summed E-state index contributed by atoms with van der Waals surface area (Å²) in [5, 5.41) is 5.90. The maximum absolute atomic E-state index is 12.8. The molecule has 136 valence electrons. The van der Waals surface area contributed by atoms with Crippen LogP contribution in [0, 0.1) is 0 Å². The Morgan fingerprint density at radius 3 is 2.38 bits per heavy atom. The van der Waals surface area contributed by atoms with E-state index in [0.29, 0.717) is 6.42 Å². The number of amides is 2. The summed E-state index contributed by atoms with van der Waals surface area (Å²) in [4.78, 5) is 24.6. The fraction of sp³-hybridized carbons (Fsp3) is 0.333. The highest BCUT2D eigenvalue weighted by atomic mass is 79.9. The lowest BCUT2D eigenvalue weighted by Gasteiger charge is -2.16. The third-order valence-corrected chi connectivity index (χ3v) is 5.08. The van der Waals surface area contributed by atoms with Crippen LogP contribution in [-0.2, 0) is 21.4 Å². The van der Waals surface area contributed by atoms with Crippen LogP contribution in [0.5, 0.6) is 0 Å². The van der Waals surface area contributed by atoms with Gasteiger partial charge in [-0.3, -0.25) is 9.59 Å². The normalized spacial score (nSPS) is 14.8. The van der Waals surface area contributed by atoms with Crippen molar-refractivity contribution in [1.82, 2.24) is 5.32 Å². The van der Waals surface area contributed by atoms with Gasteiger partial charge in [0, 0.05) is 16.2 Å². The lowest BCUT2D eigenvalue weighted by molar-refractivity contribution is -0.121. The first kappa shape index (κ1) is 18.6. The molecule has 4 nitrogen and oxygen atoms in total. The van der Waals surface area contributed by atoms with Crippen molar-refractivity contribution in [3.05, 3.63) is 64.1 Å². The number of carbonyl (C=O) groups is 2. The van der Waals surface area contributed by atoms with E-state index in [0.717, 1.165) is 34.1 Å². The van der Waals surface area contributed by atoms with Gasteiger partial charge < -0.3 is 10.6 Å². The van der Waals surface area contributed by atoms with Crippen molar-refractivity contribution in [3.63, 3.8) is 0 Å². The van der Waals surface area contributed by atoms with E-state index in [1.54, 1.807) is 0 Å². The highest BCUT2D eigenvalue weighted by molar-refractivity contribution is 9.10. The predicted molar refractivity (Wildman–Crippen MR) is 107 cm³/mol. The Kier molecular flexibility index (Phi) is 5.47. The molecule has 0 aliphatic heterocycles. The van der Waals surface area contributed by atoms with E-state index in [9.17, 15) is 9.59 Å². The van der Waals surface area contributed by atoms with Crippen LogP contribution in [0.3, 0.4) is 0 Å². The third kappa shape index (κ3) is 4.33. The molecule has 0 saturated heterocycles. The lowest BCUT2D eigenvalue weighted by Crippen LogP contribution is -2.31. The molecule has 1 fully saturated rings. The fourth-order valence-corrected chi connectivity index (χ4v) is 3.47. The summed E-state index contributed by atoms with van der Waals surface area (Å²) < 4.78 is 0.984. The molecule has 0 spiro atoms. The van der Waals surface area contributed by atoms with E-state index in [-0.39, 0.29) is 17.9 Å². The average molecular weight is 415 g/mol. The minimum atomic E-state index is -0.417. The van der Waals surface area contributed by atoms with Crippen LogP contribution < -0.4 is 10.6 Å². The zero-order valence-electron chi connectivity index (χ0n) is 15.0. The molecule has 5 heteroatoms. The summed E-state index contributed by atoms with van der Waals surface area (Å²) in [7, 11) is 0. The van der Waals surface area contributed by atoms with Gasteiger partial charge in [-0.25, -0.2) is 0 Å². The van der Waals surface area contributed by atoms with Crippen LogP contribution in [0.4, 0.5) is 5.69 Å². The highest BCUT2D eigenvalue weighted by Gasteiger charge is 2.51. The number of carbonyl (C=O) groups excluding carboxylic acids is 2. The minimum absolute atomic E-state index is 0.00312. The maximum Gasteiger partial charge on any atom is 0.235 e. The Bertz CT molecular complexity index is 811. The third-order valence-electron chi connectivity index (χ3n) is 4.59. The second-order valence-electron chi connectivity index (χ2n) is 7.14. The van der Waals surface area contributed by atoms with E-state index in [1.807, 2.05) is 62.4 Å². The van der Waals surface area contributed by atoms with Crippen molar-refractivity contribution >= 4 is 33.4 Å². The molecule has 1 aliphatic carbocycles. The zero-order chi connectivity index (χ0) is 18.7. The second kappa shape index (κ2) is 7.62. The summed E-state index contributed by atoms with van der Waals surface area (Å²) in [6, 6.07) is 15.6. The van der Waals surface area contributed by atoms with Gasteiger partial charge in [0.2, 0.25) is 11.8 Å². The molecule has 26 heavy (non-hydrogen) atoms. The largest absolute Gasteiger partial charge is 0.354 e. The fourth-order valence-electron chi connectivity index (χ4n) is 3.07. The molecule has 2 aromatic rings. The Hall–Kier alpha value is -2.14. The topological polar surface area (TPSA) is 58.2 Å². The standard InChI is InChI=1S/C21H23BrN2O2/c1-14(2)23-19(25)12-15-6-8-18(9-7-15)24-20(26)21(10-11-21)16-4-3-5-17(22)13-16/h3-9,13-14H,10-12H2,1-2H3,(H,23,25)(H,24,26). The summed E-state index contributed by atoms with van der Waals surface area (Å²) >= 11 is 3.48. The number of benzene rings is 2. The molecule has 1 aliphatic rings.